The molecule has 5 heteroatoms. The zero-order chi connectivity index (χ0) is 8.20. The molecule has 0 saturated heterocycles. The van der Waals surface area contributed by atoms with E-state index in [-0.39, 0.29) is 51.4 Å². The molecule has 0 aliphatic rings. The van der Waals surface area contributed by atoms with Gasteiger partial charge in [0.05, 0.1) is 0 Å². The Labute approximate surface area is 109 Å². The van der Waals surface area contributed by atoms with Crippen LogP contribution in [0.1, 0.15) is 26.7 Å². The summed E-state index contributed by atoms with van der Waals surface area (Å²) in [5.74, 6) is 0.387. The van der Waals surface area contributed by atoms with Crippen LogP contribution in [0.25, 0.3) is 0 Å². The van der Waals surface area contributed by atoms with Gasteiger partial charge in [0, 0.05) is 0 Å². The Morgan fingerprint density at radius 3 is 1.91 bits per heavy atom. The number of hydrogen-bond donors (Lipinski definition) is 0. The minimum atomic E-state index is -4.53. The van der Waals surface area contributed by atoms with Crippen LogP contribution in [0, 0.1) is 5.92 Å². The van der Waals surface area contributed by atoms with Gasteiger partial charge in [0.2, 0.25) is 0 Å². The average molecular weight is 192 g/mol. The molecule has 0 spiro atoms. The molecule has 0 fully saturated rings. The summed E-state index contributed by atoms with van der Waals surface area (Å²) in [6, 6.07) is 0. The molecule has 0 aromatic rings. The molecule has 0 heterocycles. The molecule has 0 nitrogen and oxygen atoms in total. The third kappa shape index (κ3) is 14.4. The van der Waals surface area contributed by atoms with Crippen LogP contribution in [0.5, 0.6) is 0 Å². The third-order valence-electron chi connectivity index (χ3n) is 1.31. The molecule has 0 saturated carbocycles. The van der Waals surface area contributed by atoms with Crippen LogP contribution in [0.3, 0.4) is 0 Å². The zero-order valence-electron chi connectivity index (χ0n) is 7.41. The predicted octanol–water partition coefficient (Wildman–Crippen LogP) is 0.274. The van der Waals surface area contributed by atoms with Crippen molar-refractivity contribution in [2.75, 3.05) is 0 Å². The van der Waals surface area contributed by atoms with Gasteiger partial charge in [0.1, 0.15) is 0 Å². The normalized spacial score (nSPS) is 11.5. The molecule has 62 valence electrons. The van der Waals surface area contributed by atoms with Gasteiger partial charge in [0.15, 0.2) is 0 Å². The van der Waals surface area contributed by atoms with E-state index in [0.29, 0.717) is 18.8 Å². The van der Waals surface area contributed by atoms with Crippen molar-refractivity contribution in [1.82, 2.24) is 0 Å². The Balaban J connectivity index is 0. The maximum absolute atomic E-state index is 11.6. The monoisotopic (exact) mass is 192 g/mol. The van der Waals surface area contributed by atoms with Gasteiger partial charge in [0.25, 0.3) is 0 Å². The molecule has 0 N–H and O–H groups in total. The van der Waals surface area contributed by atoms with E-state index < -0.39 is 13.3 Å². The second kappa shape index (κ2) is 6.95. The number of hydrogen-bond acceptors (Lipinski definition) is 0. The van der Waals surface area contributed by atoms with E-state index in [1.54, 1.807) is 0 Å². The number of rotatable bonds is 4. The molecule has 0 rings (SSSR count). The molecule has 0 radical (unpaired) electrons. The topological polar surface area (TPSA) is 0 Å². The molecule has 0 bridgehead atoms. The minimum Gasteiger partial charge on any atom is -0.449 e. The van der Waals surface area contributed by atoms with Crippen LogP contribution in [-0.4, -0.2) is 6.98 Å². The zero-order valence-corrected chi connectivity index (χ0v) is 10.5. The quantitative estimate of drug-likeness (QED) is 0.561. The fourth-order valence-corrected chi connectivity index (χ4v) is 0.758. The van der Waals surface area contributed by atoms with Crippen molar-refractivity contribution in [1.29, 1.82) is 0 Å². The van der Waals surface area contributed by atoms with Crippen molar-refractivity contribution in [3.05, 3.63) is 0 Å². The molecule has 0 amide bonds. The third-order valence-corrected chi connectivity index (χ3v) is 1.31. The average Bonchev–Trinajstić information content (AvgIpc) is 1.59. The summed E-state index contributed by atoms with van der Waals surface area (Å²) in [6.07, 6.45) is 0.403. The summed E-state index contributed by atoms with van der Waals surface area (Å²) >= 11 is 0. The van der Waals surface area contributed by atoms with Gasteiger partial charge in [-0.1, -0.05) is 33.0 Å². The van der Waals surface area contributed by atoms with Crippen LogP contribution >= 0.6 is 0 Å². The Bertz CT molecular complexity index is 92.3. The van der Waals surface area contributed by atoms with Gasteiger partial charge in [-0.2, -0.15) is 0 Å². The van der Waals surface area contributed by atoms with Gasteiger partial charge < -0.3 is 12.9 Å². The first-order valence-electron chi connectivity index (χ1n) is 3.63. The molecular weight excluding hydrogens is 179 g/mol. The fourth-order valence-electron chi connectivity index (χ4n) is 0.758. The van der Waals surface area contributed by atoms with Crippen molar-refractivity contribution in [2.45, 2.75) is 33.0 Å². The maximum Gasteiger partial charge on any atom is 1.00 e. The van der Waals surface area contributed by atoms with E-state index >= 15 is 0 Å². The van der Waals surface area contributed by atoms with Crippen molar-refractivity contribution in [3.8, 4) is 0 Å². The van der Waals surface area contributed by atoms with Crippen molar-refractivity contribution in [3.63, 3.8) is 0 Å². The maximum atomic E-state index is 11.6. The Morgan fingerprint density at radius 2 is 1.64 bits per heavy atom. The van der Waals surface area contributed by atoms with Gasteiger partial charge in [-0.15, -0.1) is 0 Å². The van der Waals surface area contributed by atoms with E-state index in [0.717, 1.165) is 0 Å². The van der Waals surface area contributed by atoms with Crippen LogP contribution in [0.4, 0.5) is 12.9 Å². The van der Waals surface area contributed by atoms with Crippen molar-refractivity contribution in [2.24, 2.45) is 5.92 Å². The molecule has 0 aromatic heterocycles. The molecular formula is C6H13BF3K. The van der Waals surface area contributed by atoms with E-state index in [1.807, 2.05) is 13.8 Å². The summed E-state index contributed by atoms with van der Waals surface area (Å²) in [7, 11) is 0. The second-order valence-corrected chi connectivity index (χ2v) is 3.04. The van der Waals surface area contributed by atoms with E-state index in [2.05, 4.69) is 0 Å². The molecule has 11 heavy (non-hydrogen) atoms. The Morgan fingerprint density at radius 1 is 1.18 bits per heavy atom. The second-order valence-electron chi connectivity index (χ2n) is 3.04. The first-order valence-corrected chi connectivity index (χ1v) is 3.63. The molecule has 0 aromatic carbocycles. The smallest absolute Gasteiger partial charge is 0.449 e. The molecule has 0 unspecified atom stereocenters. The molecule has 0 atom stereocenters. The van der Waals surface area contributed by atoms with E-state index in [9.17, 15) is 12.9 Å². The largest absolute Gasteiger partial charge is 1.00 e. The summed E-state index contributed by atoms with van der Waals surface area (Å²) in [4.78, 5) is 0. The summed E-state index contributed by atoms with van der Waals surface area (Å²) in [5, 5.41) is 0. The van der Waals surface area contributed by atoms with Gasteiger partial charge in [-0.3, -0.25) is 0 Å². The van der Waals surface area contributed by atoms with Crippen molar-refractivity contribution >= 4 is 6.98 Å². The fraction of sp³-hybridized carbons (Fsp3) is 1.00. The summed E-state index contributed by atoms with van der Waals surface area (Å²) < 4.78 is 34.7. The van der Waals surface area contributed by atoms with Crippen LogP contribution < -0.4 is 51.4 Å². The Kier molecular flexibility index (Phi) is 9.47. The van der Waals surface area contributed by atoms with E-state index in [1.165, 1.54) is 0 Å². The van der Waals surface area contributed by atoms with Gasteiger partial charge in [-0.25, -0.2) is 0 Å². The predicted molar refractivity (Wildman–Crippen MR) is 38.0 cm³/mol. The van der Waals surface area contributed by atoms with Gasteiger partial charge in [-0.05, 0) is 5.92 Å². The van der Waals surface area contributed by atoms with E-state index in [4.69, 9.17) is 0 Å². The standard InChI is InChI=1S/C6H13BF3.K/c1-6(2)4-3-5-7(8,9)10;/h6H,3-5H2,1-2H3;/q-1;+1. The summed E-state index contributed by atoms with van der Waals surface area (Å²) in [5.41, 5.74) is 0. The first-order chi connectivity index (χ1) is 4.42. The number of halogens is 3. The van der Waals surface area contributed by atoms with Gasteiger partial charge >= 0.3 is 58.4 Å². The van der Waals surface area contributed by atoms with Crippen LogP contribution in [0.2, 0.25) is 6.32 Å². The Hall–Kier alpha value is 1.49. The molecule has 0 aliphatic heterocycles. The van der Waals surface area contributed by atoms with Crippen LogP contribution in [0.15, 0.2) is 0 Å². The first kappa shape index (κ1) is 15.0. The molecule has 0 aliphatic carbocycles. The summed E-state index contributed by atoms with van der Waals surface area (Å²) in [6.45, 7) is -0.663. The van der Waals surface area contributed by atoms with Crippen LogP contribution in [-0.2, 0) is 0 Å². The minimum absolute atomic E-state index is 0. The van der Waals surface area contributed by atoms with Crippen molar-refractivity contribution < 1.29 is 64.3 Å². The SMILES string of the molecule is CC(C)CCC[B-](F)(F)F.[K+].